The van der Waals surface area contributed by atoms with E-state index in [9.17, 15) is 4.79 Å². The van der Waals surface area contributed by atoms with Crippen molar-refractivity contribution >= 4 is 34.8 Å². The molecule has 28 heavy (non-hydrogen) atoms. The summed E-state index contributed by atoms with van der Waals surface area (Å²) in [5.41, 5.74) is 1.79. The summed E-state index contributed by atoms with van der Waals surface area (Å²) in [7, 11) is 0. The number of benzene rings is 1. The van der Waals surface area contributed by atoms with Gasteiger partial charge in [-0.25, -0.2) is 9.97 Å². The van der Waals surface area contributed by atoms with E-state index in [2.05, 4.69) is 35.8 Å². The highest BCUT2D eigenvalue weighted by atomic mass is 35.5. The van der Waals surface area contributed by atoms with Crippen molar-refractivity contribution in [3.05, 3.63) is 73.3 Å². The second kappa shape index (κ2) is 8.07. The predicted octanol–water partition coefficient (Wildman–Crippen LogP) is 4.59. The summed E-state index contributed by atoms with van der Waals surface area (Å²) >= 11 is 18.4. The Labute approximate surface area is 177 Å². The molecule has 0 aliphatic heterocycles. The van der Waals surface area contributed by atoms with E-state index in [0.29, 0.717) is 16.4 Å². The zero-order valence-corrected chi connectivity index (χ0v) is 17.7. The first-order valence-corrected chi connectivity index (χ1v) is 9.49. The first-order valence-electron chi connectivity index (χ1n) is 8.36. The van der Waals surface area contributed by atoms with Gasteiger partial charge in [0, 0.05) is 11.6 Å². The molecule has 2 heterocycles. The van der Waals surface area contributed by atoms with Crippen LogP contribution in [-0.2, 0) is 12.0 Å². The highest BCUT2D eigenvalue weighted by molar-refractivity contribution is 6.41. The van der Waals surface area contributed by atoms with Gasteiger partial charge in [0.2, 0.25) is 0 Å². The fraction of sp³-hybridized carbons (Fsp3) is 0.263. The molecule has 2 aromatic heterocycles. The van der Waals surface area contributed by atoms with Crippen LogP contribution >= 0.6 is 34.8 Å². The molecule has 6 nitrogen and oxygen atoms in total. The SMILES string of the molecule is CC(C)(C)c1cc(Cl)c(-c2ncc(Cl)c(Cl)n2)cc1COn1ncccc1=O. The number of halogens is 3. The molecule has 0 atom stereocenters. The molecular formula is C19H17Cl3N4O2. The van der Waals surface area contributed by atoms with Gasteiger partial charge in [0.1, 0.15) is 6.61 Å². The Morgan fingerprint density at radius 3 is 2.54 bits per heavy atom. The third-order valence-electron chi connectivity index (χ3n) is 3.97. The van der Waals surface area contributed by atoms with Crippen molar-refractivity contribution in [1.82, 2.24) is 19.9 Å². The van der Waals surface area contributed by atoms with Crippen molar-refractivity contribution in [2.45, 2.75) is 32.8 Å². The van der Waals surface area contributed by atoms with E-state index in [1.807, 2.05) is 12.1 Å². The Morgan fingerprint density at radius 1 is 1.14 bits per heavy atom. The third-order valence-corrected chi connectivity index (χ3v) is 4.94. The van der Waals surface area contributed by atoms with Gasteiger partial charge in [-0.15, -0.1) is 5.10 Å². The minimum Gasteiger partial charge on any atom is -0.389 e. The summed E-state index contributed by atoms with van der Waals surface area (Å²) in [6.07, 6.45) is 2.90. The van der Waals surface area contributed by atoms with Crippen LogP contribution in [0, 0.1) is 0 Å². The maximum Gasteiger partial charge on any atom is 0.303 e. The minimum atomic E-state index is -0.359. The molecule has 0 N–H and O–H groups in total. The van der Waals surface area contributed by atoms with Crippen molar-refractivity contribution in [3.8, 4) is 11.4 Å². The quantitative estimate of drug-likeness (QED) is 0.556. The Morgan fingerprint density at radius 2 is 1.89 bits per heavy atom. The molecule has 0 aliphatic carbocycles. The molecule has 0 radical (unpaired) electrons. The van der Waals surface area contributed by atoms with E-state index in [-0.39, 0.29) is 27.8 Å². The lowest BCUT2D eigenvalue weighted by molar-refractivity contribution is 0.0587. The molecule has 3 rings (SSSR count). The lowest BCUT2D eigenvalue weighted by atomic mass is 9.83. The molecule has 1 aromatic carbocycles. The van der Waals surface area contributed by atoms with Crippen molar-refractivity contribution in [3.63, 3.8) is 0 Å². The average molecular weight is 440 g/mol. The molecule has 0 spiro atoms. The smallest absolute Gasteiger partial charge is 0.303 e. The number of hydrogen-bond acceptors (Lipinski definition) is 5. The van der Waals surface area contributed by atoms with Gasteiger partial charge in [-0.05, 0) is 34.7 Å². The van der Waals surface area contributed by atoms with Crippen LogP contribution in [0.5, 0.6) is 0 Å². The molecular weight excluding hydrogens is 423 g/mol. The zero-order valence-electron chi connectivity index (χ0n) is 15.4. The summed E-state index contributed by atoms with van der Waals surface area (Å²) in [4.78, 5) is 26.8. The Hall–Kier alpha value is -2.15. The predicted molar refractivity (Wildman–Crippen MR) is 110 cm³/mol. The largest absolute Gasteiger partial charge is 0.389 e. The summed E-state index contributed by atoms with van der Waals surface area (Å²) in [6, 6.07) is 6.60. The highest BCUT2D eigenvalue weighted by Gasteiger charge is 2.22. The Kier molecular flexibility index (Phi) is 5.93. The van der Waals surface area contributed by atoms with E-state index in [1.165, 1.54) is 18.5 Å². The van der Waals surface area contributed by atoms with Crippen molar-refractivity contribution in [2.75, 3.05) is 0 Å². The third kappa shape index (κ3) is 4.46. The fourth-order valence-corrected chi connectivity index (χ4v) is 3.12. The zero-order chi connectivity index (χ0) is 20.5. The van der Waals surface area contributed by atoms with Gasteiger partial charge in [0.25, 0.3) is 0 Å². The molecule has 0 amide bonds. The Balaban J connectivity index is 2.06. The van der Waals surface area contributed by atoms with Gasteiger partial charge in [-0.2, -0.15) is 0 Å². The maximum atomic E-state index is 11.8. The van der Waals surface area contributed by atoms with Crippen LogP contribution in [0.15, 0.2) is 41.5 Å². The monoisotopic (exact) mass is 438 g/mol. The topological polar surface area (TPSA) is 69.9 Å². The van der Waals surface area contributed by atoms with Crippen LogP contribution in [0.4, 0.5) is 0 Å². The minimum absolute atomic E-state index is 0.106. The molecule has 0 saturated carbocycles. The summed E-state index contributed by atoms with van der Waals surface area (Å²) in [5.74, 6) is 0.344. The van der Waals surface area contributed by atoms with Crippen LogP contribution < -0.4 is 10.4 Å². The number of hydrogen-bond donors (Lipinski definition) is 0. The van der Waals surface area contributed by atoms with Crippen LogP contribution in [-0.4, -0.2) is 19.9 Å². The van der Waals surface area contributed by atoms with Gasteiger partial charge in [-0.1, -0.05) is 60.4 Å². The highest BCUT2D eigenvalue weighted by Crippen LogP contribution is 2.35. The molecule has 0 saturated heterocycles. The molecule has 0 fully saturated rings. The second-order valence-corrected chi connectivity index (χ2v) is 8.25. The summed E-state index contributed by atoms with van der Waals surface area (Å²) < 4.78 is 0. The number of rotatable bonds is 4. The first-order chi connectivity index (χ1) is 13.2. The van der Waals surface area contributed by atoms with Gasteiger partial charge < -0.3 is 4.84 Å². The lowest BCUT2D eigenvalue weighted by Crippen LogP contribution is -2.28. The van der Waals surface area contributed by atoms with Gasteiger partial charge in [0.15, 0.2) is 11.0 Å². The van der Waals surface area contributed by atoms with Gasteiger partial charge in [-0.3, -0.25) is 4.79 Å². The maximum absolute atomic E-state index is 11.8. The van der Waals surface area contributed by atoms with E-state index < -0.39 is 0 Å². The normalized spacial score (nSPS) is 11.5. The van der Waals surface area contributed by atoms with Crippen LogP contribution in [0.3, 0.4) is 0 Å². The average Bonchev–Trinajstić information content (AvgIpc) is 2.63. The lowest BCUT2D eigenvalue weighted by Gasteiger charge is -2.24. The summed E-state index contributed by atoms with van der Waals surface area (Å²) in [5, 5.41) is 4.77. The van der Waals surface area contributed by atoms with Crippen LogP contribution in [0.25, 0.3) is 11.4 Å². The Bertz CT molecular complexity index is 1080. The molecule has 0 unspecified atom stereocenters. The van der Waals surface area contributed by atoms with E-state index in [4.69, 9.17) is 39.6 Å². The van der Waals surface area contributed by atoms with Crippen molar-refractivity contribution < 1.29 is 4.84 Å². The standard InChI is InChI=1S/C19H17Cl3N4O2/c1-19(2,3)13-8-14(20)12(18-23-9-15(21)17(22)25-18)7-11(13)10-28-26-16(27)5-4-6-24-26/h4-9H,10H2,1-3H3. The van der Waals surface area contributed by atoms with Crippen LogP contribution in [0.1, 0.15) is 31.9 Å². The van der Waals surface area contributed by atoms with Crippen molar-refractivity contribution in [1.29, 1.82) is 0 Å². The second-order valence-electron chi connectivity index (χ2n) is 7.08. The number of nitrogens with zero attached hydrogens (tertiary/aromatic N) is 4. The number of aromatic nitrogens is 4. The molecule has 9 heteroatoms. The van der Waals surface area contributed by atoms with E-state index in [0.717, 1.165) is 16.0 Å². The van der Waals surface area contributed by atoms with Gasteiger partial charge >= 0.3 is 5.56 Å². The van der Waals surface area contributed by atoms with Crippen molar-refractivity contribution in [2.24, 2.45) is 0 Å². The van der Waals surface area contributed by atoms with Crippen LogP contribution in [0.2, 0.25) is 15.2 Å². The van der Waals surface area contributed by atoms with E-state index in [1.54, 1.807) is 6.07 Å². The van der Waals surface area contributed by atoms with E-state index >= 15 is 0 Å². The summed E-state index contributed by atoms with van der Waals surface area (Å²) in [6.45, 7) is 6.29. The van der Waals surface area contributed by atoms with Gasteiger partial charge in [0.05, 0.1) is 22.4 Å². The molecule has 146 valence electrons. The first kappa shape index (κ1) is 20.6. The molecule has 0 bridgehead atoms. The molecule has 3 aromatic rings. The molecule has 0 aliphatic rings. The fourth-order valence-electron chi connectivity index (χ4n) is 2.66.